The maximum absolute atomic E-state index is 12.6. The van der Waals surface area contributed by atoms with Gasteiger partial charge in [0.2, 0.25) is 0 Å². The highest BCUT2D eigenvalue weighted by atomic mass is 16.1. The molecule has 1 saturated carbocycles. The Bertz CT molecular complexity index is 482. The van der Waals surface area contributed by atoms with Crippen molar-refractivity contribution in [1.29, 1.82) is 5.26 Å². The lowest BCUT2D eigenvalue weighted by molar-refractivity contribution is -0.118. The van der Waals surface area contributed by atoms with E-state index in [2.05, 4.69) is 18.5 Å². The molecule has 0 radical (unpaired) electrons. The third kappa shape index (κ3) is 9.46. The average Bonchev–Trinajstić information content (AvgIpc) is 2.62. The first-order valence-electron chi connectivity index (χ1n) is 10.1. The zero-order valence-electron chi connectivity index (χ0n) is 16.2. The molecule has 0 aliphatic heterocycles. The number of hydrogen-bond donors (Lipinski definition) is 1. The molecular weight excluding hydrogens is 322 g/mol. The number of carbonyl (C=O) groups excluding carboxylic acids is 1. The number of hydrogen-bond acceptors (Lipinski definition) is 3. The van der Waals surface area contributed by atoms with Crippen LogP contribution in [-0.2, 0) is 4.79 Å². The van der Waals surface area contributed by atoms with Gasteiger partial charge in [-0.25, -0.2) is 0 Å². The molecule has 1 rings (SSSR count). The van der Waals surface area contributed by atoms with Crippen LogP contribution in [-0.4, -0.2) is 29.9 Å². The van der Waals surface area contributed by atoms with Crippen LogP contribution >= 0.6 is 0 Å². The summed E-state index contributed by atoms with van der Waals surface area (Å²) in [6, 6.07) is 2.22. The average molecular weight is 358 g/mol. The lowest BCUT2D eigenvalue weighted by atomic mass is 9.97. The molecular formula is C22H35N3O. The van der Waals surface area contributed by atoms with Gasteiger partial charge in [0, 0.05) is 25.3 Å². The summed E-state index contributed by atoms with van der Waals surface area (Å²) in [4.78, 5) is 14.4. The Morgan fingerprint density at radius 3 is 1.85 bits per heavy atom. The van der Waals surface area contributed by atoms with E-state index in [9.17, 15) is 10.1 Å². The summed E-state index contributed by atoms with van der Waals surface area (Å²) in [5.74, 6) is -0.261. The first kappa shape index (κ1) is 22.0. The predicted molar refractivity (Wildman–Crippen MR) is 108 cm³/mol. The Balaban J connectivity index is 2.67. The smallest absolute Gasteiger partial charge is 0.263 e. The lowest BCUT2D eigenvalue weighted by Crippen LogP contribution is -2.36. The highest BCUT2D eigenvalue weighted by Crippen LogP contribution is 2.17. The van der Waals surface area contributed by atoms with Crippen LogP contribution in [0.15, 0.2) is 37.1 Å². The predicted octanol–water partition coefficient (Wildman–Crippen LogP) is 4.86. The van der Waals surface area contributed by atoms with E-state index in [1.807, 2.05) is 11.0 Å². The molecule has 1 N–H and O–H groups in total. The topological polar surface area (TPSA) is 56.1 Å². The Kier molecular flexibility index (Phi) is 12.0. The van der Waals surface area contributed by atoms with Crippen molar-refractivity contribution in [2.75, 3.05) is 13.1 Å². The summed E-state index contributed by atoms with van der Waals surface area (Å²) in [5.41, 5.74) is 0.153. The van der Waals surface area contributed by atoms with Crippen molar-refractivity contribution >= 4 is 5.91 Å². The van der Waals surface area contributed by atoms with E-state index in [-0.39, 0.29) is 17.5 Å². The second kappa shape index (κ2) is 14.2. The van der Waals surface area contributed by atoms with Crippen molar-refractivity contribution in [3.63, 3.8) is 0 Å². The molecule has 144 valence electrons. The highest BCUT2D eigenvalue weighted by Gasteiger charge is 2.16. The molecule has 0 heterocycles. The molecule has 4 nitrogen and oxygen atoms in total. The first-order chi connectivity index (χ1) is 12.7. The van der Waals surface area contributed by atoms with Crippen LogP contribution in [0.3, 0.4) is 0 Å². The van der Waals surface area contributed by atoms with Gasteiger partial charge in [0.25, 0.3) is 5.91 Å². The molecule has 0 aromatic heterocycles. The normalized spacial score (nSPS) is 17.9. The summed E-state index contributed by atoms with van der Waals surface area (Å²) in [7, 11) is 0. The fourth-order valence-electron chi connectivity index (χ4n) is 3.40. The van der Waals surface area contributed by atoms with E-state index in [4.69, 9.17) is 0 Å². The Morgan fingerprint density at radius 2 is 1.42 bits per heavy atom. The zero-order valence-corrected chi connectivity index (χ0v) is 16.2. The summed E-state index contributed by atoms with van der Waals surface area (Å²) < 4.78 is 0. The quantitative estimate of drug-likeness (QED) is 0.402. The second-order valence-electron chi connectivity index (χ2n) is 7.12. The molecule has 0 saturated heterocycles. The van der Waals surface area contributed by atoms with Crippen molar-refractivity contribution in [2.45, 2.75) is 76.7 Å². The van der Waals surface area contributed by atoms with Gasteiger partial charge in [0.05, 0.1) is 0 Å². The largest absolute Gasteiger partial charge is 0.369 e. The van der Waals surface area contributed by atoms with E-state index < -0.39 is 0 Å². The highest BCUT2D eigenvalue weighted by molar-refractivity contribution is 5.97. The van der Waals surface area contributed by atoms with E-state index in [1.54, 1.807) is 18.4 Å². The molecule has 1 amide bonds. The number of carbonyl (C=O) groups is 1. The van der Waals surface area contributed by atoms with E-state index in [0.717, 1.165) is 25.7 Å². The van der Waals surface area contributed by atoms with Crippen LogP contribution in [0.5, 0.6) is 0 Å². The van der Waals surface area contributed by atoms with Gasteiger partial charge < -0.3 is 10.2 Å². The van der Waals surface area contributed by atoms with Crippen molar-refractivity contribution in [3.05, 3.63) is 37.1 Å². The molecule has 0 unspecified atom stereocenters. The minimum Gasteiger partial charge on any atom is -0.369 e. The number of nitriles is 1. The van der Waals surface area contributed by atoms with Crippen LogP contribution in [0.1, 0.15) is 70.6 Å². The van der Waals surface area contributed by atoms with Gasteiger partial charge in [-0.3, -0.25) is 4.79 Å². The van der Waals surface area contributed by atoms with E-state index in [0.29, 0.717) is 13.1 Å². The molecule has 26 heavy (non-hydrogen) atoms. The third-order valence-electron chi connectivity index (χ3n) is 4.84. The molecule has 0 aromatic carbocycles. The van der Waals surface area contributed by atoms with Gasteiger partial charge in [-0.1, -0.05) is 69.9 Å². The fourth-order valence-corrected chi connectivity index (χ4v) is 3.40. The van der Waals surface area contributed by atoms with Gasteiger partial charge in [0.1, 0.15) is 11.6 Å². The maximum Gasteiger partial charge on any atom is 0.263 e. The minimum atomic E-state index is -0.261. The standard InChI is InChI=1S/C22H35N3O/c1-3-16-25(17-4-2)19-20(18-23)22(26)24-21-14-12-10-8-6-5-7-9-11-13-15-21/h3-4,19,21H,1-2,5-17H2,(H,24,26)/b20-19-. The second-order valence-corrected chi connectivity index (χ2v) is 7.12. The number of nitrogens with one attached hydrogen (secondary N) is 1. The first-order valence-corrected chi connectivity index (χ1v) is 10.1. The summed E-state index contributed by atoms with van der Waals surface area (Å²) in [6.07, 6.45) is 18.5. The number of amides is 1. The Morgan fingerprint density at radius 1 is 0.962 bits per heavy atom. The maximum atomic E-state index is 12.6. The van der Waals surface area contributed by atoms with Gasteiger partial charge in [-0.05, 0) is 12.8 Å². The third-order valence-corrected chi connectivity index (χ3v) is 4.84. The molecule has 1 aliphatic carbocycles. The van der Waals surface area contributed by atoms with Gasteiger partial charge in [-0.15, -0.1) is 13.2 Å². The van der Waals surface area contributed by atoms with Gasteiger partial charge in [0.15, 0.2) is 0 Å². The van der Waals surface area contributed by atoms with Crippen LogP contribution in [0, 0.1) is 11.3 Å². The Hall–Kier alpha value is -2.02. The van der Waals surface area contributed by atoms with Gasteiger partial charge >= 0.3 is 0 Å². The lowest BCUT2D eigenvalue weighted by Gasteiger charge is -2.21. The van der Waals surface area contributed by atoms with E-state index in [1.165, 1.54) is 44.9 Å². The van der Waals surface area contributed by atoms with Crippen molar-refractivity contribution in [3.8, 4) is 6.07 Å². The van der Waals surface area contributed by atoms with Crippen LogP contribution in [0.2, 0.25) is 0 Å². The zero-order chi connectivity index (χ0) is 19.0. The SMILES string of the molecule is C=CCN(/C=C(/C#N)C(=O)NC1CCCCCCCCCCC1)CC=C. The van der Waals surface area contributed by atoms with Crippen molar-refractivity contribution < 1.29 is 4.79 Å². The summed E-state index contributed by atoms with van der Waals surface area (Å²) in [6.45, 7) is 8.59. The molecule has 0 aromatic rings. The van der Waals surface area contributed by atoms with Crippen LogP contribution in [0.4, 0.5) is 0 Å². The number of rotatable bonds is 7. The van der Waals surface area contributed by atoms with Crippen molar-refractivity contribution in [1.82, 2.24) is 10.2 Å². The summed E-state index contributed by atoms with van der Waals surface area (Å²) in [5, 5.41) is 12.5. The van der Waals surface area contributed by atoms with Gasteiger partial charge in [-0.2, -0.15) is 5.26 Å². The summed E-state index contributed by atoms with van der Waals surface area (Å²) >= 11 is 0. The van der Waals surface area contributed by atoms with Crippen molar-refractivity contribution in [2.24, 2.45) is 0 Å². The van der Waals surface area contributed by atoms with Crippen LogP contribution in [0.25, 0.3) is 0 Å². The molecule has 0 bridgehead atoms. The molecule has 0 spiro atoms. The minimum absolute atomic E-state index is 0.153. The Labute approximate surface area is 159 Å². The molecule has 4 heteroatoms. The van der Waals surface area contributed by atoms with E-state index >= 15 is 0 Å². The van der Waals surface area contributed by atoms with Crippen LogP contribution < -0.4 is 5.32 Å². The molecule has 0 atom stereocenters. The molecule has 1 aliphatic rings. The molecule has 1 fully saturated rings. The monoisotopic (exact) mass is 357 g/mol. The fraction of sp³-hybridized carbons (Fsp3) is 0.636. The number of nitrogens with zero attached hydrogens (tertiary/aromatic N) is 2.